The first-order valence-electron chi connectivity index (χ1n) is 7.67. The fraction of sp³-hybridized carbons (Fsp3) is 0.0588. The first-order chi connectivity index (χ1) is 12.8. The third-order valence-electron chi connectivity index (χ3n) is 4.15. The van der Waals surface area contributed by atoms with Crippen molar-refractivity contribution >= 4 is 27.8 Å². The second kappa shape index (κ2) is 6.19. The second-order valence-corrected chi connectivity index (χ2v) is 8.42. The zero-order valence-electron chi connectivity index (χ0n) is 13.6. The molecule has 0 bridgehead atoms. The van der Waals surface area contributed by atoms with Crippen LogP contribution in [0.2, 0.25) is 0 Å². The molecule has 1 aliphatic heterocycles. The molecule has 0 saturated heterocycles. The number of sulfonamides is 1. The van der Waals surface area contributed by atoms with Crippen molar-refractivity contribution in [1.29, 1.82) is 0 Å². The van der Waals surface area contributed by atoms with Gasteiger partial charge < -0.3 is 5.11 Å². The van der Waals surface area contributed by atoms with Gasteiger partial charge in [0.1, 0.15) is 5.82 Å². The largest absolute Gasteiger partial charge is 0.476 e. The highest BCUT2D eigenvalue weighted by atomic mass is 32.2. The van der Waals surface area contributed by atoms with E-state index in [1.165, 1.54) is 52.8 Å². The Morgan fingerprint density at radius 1 is 1.22 bits per heavy atom. The van der Waals surface area contributed by atoms with Crippen LogP contribution >= 0.6 is 11.8 Å². The molecule has 1 aliphatic rings. The number of carboxylic acid groups (broad SMARTS) is 1. The Morgan fingerprint density at radius 2 is 1.93 bits per heavy atom. The Labute approximate surface area is 157 Å². The van der Waals surface area contributed by atoms with Crippen LogP contribution in [0.4, 0.5) is 4.39 Å². The van der Waals surface area contributed by atoms with Crippen LogP contribution in [0.1, 0.15) is 16.1 Å². The van der Waals surface area contributed by atoms with Crippen molar-refractivity contribution in [2.75, 3.05) is 0 Å². The highest BCUT2D eigenvalue weighted by molar-refractivity contribution is 7.98. The molecule has 1 aromatic heterocycles. The maximum absolute atomic E-state index is 13.6. The zero-order valence-corrected chi connectivity index (χ0v) is 15.2. The van der Waals surface area contributed by atoms with Gasteiger partial charge in [-0.1, -0.05) is 0 Å². The number of hydrogen-bond donors (Lipinski definition) is 2. The summed E-state index contributed by atoms with van der Waals surface area (Å²) in [6.07, 6.45) is 0. The van der Waals surface area contributed by atoms with Gasteiger partial charge in [0, 0.05) is 11.3 Å². The van der Waals surface area contributed by atoms with E-state index in [0.29, 0.717) is 27.6 Å². The molecule has 2 heterocycles. The molecule has 2 aromatic carbocycles. The molecule has 0 aliphatic carbocycles. The molecule has 0 amide bonds. The van der Waals surface area contributed by atoms with Gasteiger partial charge in [-0.2, -0.15) is 5.10 Å². The van der Waals surface area contributed by atoms with Crippen molar-refractivity contribution in [3.8, 4) is 16.9 Å². The molecule has 0 spiro atoms. The van der Waals surface area contributed by atoms with E-state index in [0.717, 1.165) is 5.56 Å². The minimum Gasteiger partial charge on any atom is -0.476 e. The van der Waals surface area contributed by atoms with Crippen molar-refractivity contribution in [3.05, 3.63) is 59.5 Å². The van der Waals surface area contributed by atoms with Gasteiger partial charge in [0.25, 0.3) is 0 Å². The summed E-state index contributed by atoms with van der Waals surface area (Å²) in [5.41, 5.74) is 2.29. The molecule has 7 nitrogen and oxygen atoms in total. The van der Waals surface area contributed by atoms with Gasteiger partial charge in [0.2, 0.25) is 10.0 Å². The molecule has 0 unspecified atom stereocenters. The lowest BCUT2D eigenvalue weighted by molar-refractivity contribution is 0.0686. The van der Waals surface area contributed by atoms with Crippen molar-refractivity contribution in [2.45, 2.75) is 15.5 Å². The number of fused-ring (bicyclic) bond motifs is 3. The Hall–Kier alpha value is -2.69. The fourth-order valence-electron chi connectivity index (χ4n) is 2.94. The Balaban J connectivity index is 1.95. The van der Waals surface area contributed by atoms with Gasteiger partial charge in [-0.25, -0.2) is 27.4 Å². The molecule has 3 aromatic rings. The smallest absolute Gasteiger partial charge is 0.357 e. The zero-order chi connectivity index (χ0) is 19.3. The molecule has 3 N–H and O–H groups in total. The summed E-state index contributed by atoms with van der Waals surface area (Å²) in [4.78, 5) is 12.0. The molecule has 138 valence electrons. The molecule has 0 saturated carbocycles. The first-order valence-corrected chi connectivity index (χ1v) is 10.2. The molecule has 0 radical (unpaired) electrons. The fourth-order valence-corrected chi connectivity index (χ4v) is 4.60. The first kappa shape index (κ1) is 17.7. The quantitative estimate of drug-likeness (QED) is 0.692. The van der Waals surface area contributed by atoms with Gasteiger partial charge in [-0.05, 0) is 48.0 Å². The molecule has 27 heavy (non-hydrogen) atoms. The van der Waals surface area contributed by atoms with Crippen LogP contribution < -0.4 is 5.14 Å². The number of carboxylic acids is 1. The highest BCUT2D eigenvalue weighted by Gasteiger charge is 2.29. The van der Waals surface area contributed by atoms with E-state index in [1.54, 1.807) is 6.07 Å². The van der Waals surface area contributed by atoms with Crippen LogP contribution in [0.15, 0.2) is 52.3 Å². The number of benzene rings is 2. The summed E-state index contributed by atoms with van der Waals surface area (Å²) in [6.45, 7) is 0. The van der Waals surface area contributed by atoms with E-state index in [2.05, 4.69) is 5.10 Å². The summed E-state index contributed by atoms with van der Waals surface area (Å²) in [5.74, 6) is -1.12. The summed E-state index contributed by atoms with van der Waals surface area (Å²) >= 11 is 1.27. The Bertz CT molecular complexity index is 1190. The van der Waals surface area contributed by atoms with Gasteiger partial charge >= 0.3 is 5.97 Å². The summed E-state index contributed by atoms with van der Waals surface area (Å²) in [7, 11) is -3.85. The number of aromatic carboxylic acids is 1. The van der Waals surface area contributed by atoms with Crippen LogP contribution in [0.5, 0.6) is 0 Å². The molecular weight excluding hydrogens is 393 g/mol. The predicted octanol–water partition coefficient (Wildman–Crippen LogP) is 2.63. The lowest BCUT2D eigenvalue weighted by Crippen LogP contribution is -2.12. The number of rotatable bonds is 3. The number of nitrogens with zero attached hydrogens (tertiary/aromatic N) is 2. The second-order valence-electron chi connectivity index (χ2n) is 5.87. The van der Waals surface area contributed by atoms with E-state index in [4.69, 9.17) is 5.14 Å². The third-order valence-corrected chi connectivity index (χ3v) is 6.21. The van der Waals surface area contributed by atoms with Crippen molar-refractivity contribution in [2.24, 2.45) is 5.14 Å². The van der Waals surface area contributed by atoms with Crippen LogP contribution in [-0.2, 0) is 15.8 Å². The normalized spacial score (nSPS) is 13.1. The van der Waals surface area contributed by atoms with E-state index in [1.807, 2.05) is 0 Å². The minimum absolute atomic E-state index is 0.0671. The third kappa shape index (κ3) is 3.01. The molecule has 0 fully saturated rings. The van der Waals surface area contributed by atoms with Gasteiger partial charge in [-0.3, -0.25) is 0 Å². The highest BCUT2D eigenvalue weighted by Crippen LogP contribution is 2.44. The van der Waals surface area contributed by atoms with E-state index >= 15 is 0 Å². The van der Waals surface area contributed by atoms with Gasteiger partial charge in [0.05, 0.1) is 21.2 Å². The maximum Gasteiger partial charge on any atom is 0.357 e. The lowest BCUT2D eigenvalue weighted by atomic mass is 10.0. The maximum atomic E-state index is 13.6. The number of halogens is 1. The molecule has 10 heteroatoms. The van der Waals surface area contributed by atoms with Crippen LogP contribution in [0.25, 0.3) is 16.9 Å². The number of aromatic nitrogens is 2. The van der Waals surface area contributed by atoms with Crippen molar-refractivity contribution < 1.29 is 22.7 Å². The van der Waals surface area contributed by atoms with Gasteiger partial charge in [-0.15, -0.1) is 11.8 Å². The van der Waals surface area contributed by atoms with Crippen LogP contribution in [-0.4, -0.2) is 29.3 Å². The average Bonchev–Trinajstić information content (AvgIpc) is 3.01. The summed E-state index contributed by atoms with van der Waals surface area (Å²) in [6, 6.07) is 9.92. The van der Waals surface area contributed by atoms with Crippen molar-refractivity contribution in [3.63, 3.8) is 0 Å². The monoisotopic (exact) mass is 405 g/mol. The Morgan fingerprint density at radius 3 is 2.56 bits per heavy atom. The number of thioether (sulfide) groups is 1. The van der Waals surface area contributed by atoms with E-state index in [-0.39, 0.29) is 16.4 Å². The Kier molecular flexibility index (Phi) is 4.06. The number of hydrogen-bond acceptors (Lipinski definition) is 5. The topological polar surface area (TPSA) is 115 Å². The summed E-state index contributed by atoms with van der Waals surface area (Å²) < 4.78 is 37.9. The number of carbonyl (C=O) groups is 1. The SMILES string of the molecule is NS(=O)(=O)c1ccc(-n2nc(C(=O)O)c3c2-c2ccc(F)cc2CS3)cc1. The average molecular weight is 405 g/mol. The molecular formula is C17H12FN3O4S2. The molecule has 4 rings (SSSR count). The minimum atomic E-state index is -3.85. The van der Waals surface area contributed by atoms with Crippen molar-refractivity contribution in [1.82, 2.24) is 9.78 Å². The standard InChI is InChI=1S/C17H12FN3O4S2/c18-10-1-6-13-9(7-10)8-26-16-14(17(22)23)20-21(15(13)16)11-2-4-12(5-3-11)27(19,24)25/h1-7H,8H2,(H,22,23)(H2,19,24,25). The lowest BCUT2D eigenvalue weighted by Gasteiger charge is -2.18. The van der Waals surface area contributed by atoms with Gasteiger partial charge in [0.15, 0.2) is 5.69 Å². The molecule has 0 atom stereocenters. The predicted molar refractivity (Wildman–Crippen MR) is 96.9 cm³/mol. The van der Waals surface area contributed by atoms with Crippen LogP contribution in [0.3, 0.4) is 0 Å². The van der Waals surface area contributed by atoms with Crippen LogP contribution in [0, 0.1) is 5.82 Å². The number of primary sulfonamides is 1. The summed E-state index contributed by atoms with van der Waals surface area (Å²) in [5, 5.41) is 18.8. The van der Waals surface area contributed by atoms with E-state index < -0.39 is 16.0 Å². The van der Waals surface area contributed by atoms with E-state index in [9.17, 15) is 22.7 Å². The number of nitrogens with two attached hydrogens (primary N) is 1.